The molecule has 2 heterocycles. The first kappa shape index (κ1) is 12.8. The van der Waals surface area contributed by atoms with E-state index in [9.17, 15) is 8.42 Å². The molecule has 0 spiro atoms. The Kier molecular flexibility index (Phi) is 3.00. The Hall–Kier alpha value is -2.25. The molecule has 3 rings (SSSR count). The Bertz CT molecular complexity index is 856. The third-order valence-corrected chi connectivity index (χ3v) is 4.60. The van der Waals surface area contributed by atoms with Crippen LogP contribution in [0.2, 0.25) is 0 Å². The van der Waals surface area contributed by atoms with Gasteiger partial charge in [0.1, 0.15) is 5.52 Å². The Morgan fingerprint density at radius 3 is 2.60 bits per heavy atom. The van der Waals surface area contributed by atoms with E-state index >= 15 is 0 Å². The second-order valence-corrected chi connectivity index (χ2v) is 6.02. The number of nitrogens with two attached hydrogens (primary N) is 1. The van der Waals surface area contributed by atoms with Gasteiger partial charge in [0.2, 0.25) is 0 Å². The van der Waals surface area contributed by atoms with Crippen LogP contribution in [0, 0.1) is 0 Å². The van der Waals surface area contributed by atoms with Gasteiger partial charge in [-0.2, -0.15) is 0 Å². The first-order chi connectivity index (χ1) is 9.63. The summed E-state index contributed by atoms with van der Waals surface area (Å²) in [5.41, 5.74) is 6.92. The van der Waals surface area contributed by atoms with Gasteiger partial charge in [-0.15, -0.1) is 0 Å². The topological polar surface area (TPSA) is 90.9 Å². The molecule has 0 aliphatic heterocycles. The zero-order chi connectivity index (χ0) is 14.2. The predicted octanol–water partition coefficient (Wildman–Crippen LogP) is 1.13. The molecule has 0 aliphatic carbocycles. The summed E-state index contributed by atoms with van der Waals surface area (Å²) >= 11 is 0. The largest absolute Gasteiger partial charge is 0.325 e. The van der Waals surface area contributed by atoms with Crippen LogP contribution in [0.1, 0.15) is 5.69 Å². The molecule has 102 valence electrons. The summed E-state index contributed by atoms with van der Waals surface area (Å²) in [5, 5.41) is 0. The van der Waals surface area contributed by atoms with Crippen molar-refractivity contribution in [3.63, 3.8) is 0 Å². The quantitative estimate of drug-likeness (QED) is 0.780. The van der Waals surface area contributed by atoms with Crippen LogP contribution in [0.4, 0.5) is 0 Å². The molecule has 0 saturated carbocycles. The van der Waals surface area contributed by atoms with E-state index in [4.69, 9.17) is 5.73 Å². The van der Waals surface area contributed by atoms with E-state index < -0.39 is 10.0 Å². The van der Waals surface area contributed by atoms with Crippen LogP contribution in [0.15, 0.2) is 53.7 Å². The molecular weight excluding hydrogens is 276 g/mol. The number of hydrogen-bond acceptors (Lipinski definition) is 5. The van der Waals surface area contributed by atoms with Gasteiger partial charge in [-0.3, -0.25) is 0 Å². The maximum Gasteiger partial charge on any atom is 0.269 e. The predicted molar refractivity (Wildman–Crippen MR) is 74.4 cm³/mol. The van der Waals surface area contributed by atoms with Gasteiger partial charge in [-0.25, -0.2) is 22.4 Å². The van der Waals surface area contributed by atoms with Crippen LogP contribution in [0.25, 0.3) is 11.2 Å². The molecule has 1 aromatic carbocycles. The fraction of sp³-hybridized carbons (Fsp3) is 0.0769. The van der Waals surface area contributed by atoms with Crippen LogP contribution in [-0.2, 0) is 16.6 Å². The third-order valence-electron chi connectivity index (χ3n) is 2.91. The van der Waals surface area contributed by atoms with E-state index in [0.29, 0.717) is 16.9 Å². The highest BCUT2D eigenvalue weighted by molar-refractivity contribution is 7.90. The minimum atomic E-state index is -3.66. The van der Waals surface area contributed by atoms with Gasteiger partial charge in [-0.05, 0) is 18.2 Å². The summed E-state index contributed by atoms with van der Waals surface area (Å²) in [6.07, 6.45) is 2.94. The average Bonchev–Trinajstić information content (AvgIpc) is 2.91. The lowest BCUT2D eigenvalue weighted by Gasteiger charge is -2.06. The van der Waals surface area contributed by atoms with Crippen LogP contribution >= 0.6 is 0 Å². The Morgan fingerprint density at radius 1 is 1.15 bits per heavy atom. The second-order valence-electron chi connectivity index (χ2n) is 4.20. The smallest absolute Gasteiger partial charge is 0.269 e. The van der Waals surface area contributed by atoms with Gasteiger partial charge >= 0.3 is 0 Å². The van der Waals surface area contributed by atoms with Crippen LogP contribution in [0.5, 0.6) is 0 Å². The highest BCUT2D eigenvalue weighted by atomic mass is 32.2. The Balaban J connectivity index is 2.20. The molecular formula is C13H12N4O2S. The van der Waals surface area contributed by atoms with Crippen molar-refractivity contribution in [3.8, 4) is 0 Å². The second kappa shape index (κ2) is 4.69. The lowest BCUT2D eigenvalue weighted by molar-refractivity contribution is 0.588. The molecule has 6 nitrogen and oxygen atoms in total. The van der Waals surface area contributed by atoms with Crippen molar-refractivity contribution in [2.75, 3.05) is 0 Å². The van der Waals surface area contributed by atoms with Gasteiger partial charge in [-0.1, -0.05) is 18.2 Å². The van der Waals surface area contributed by atoms with E-state index in [1.165, 1.54) is 12.4 Å². The van der Waals surface area contributed by atoms with E-state index in [1.54, 1.807) is 36.4 Å². The Labute approximate surface area is 115 Å². The van der Waals surface area contributed by atoms with E-state index in [-0.39, 0.29) is 11.4 Å². The zero-order valence-corrected chi connectivity index (χ0v) is 11.3. The van der Waals surface area contributed by atoms with Gasteiger partial charge in [0, 0.05) is 12.7 Å². The van der Waals surface area contributed by atoms with Crippen molar-refractivity contribution in [3.05, 3.63) is 54.5 Å². The van der Waals surface area contributed by atoms with Crippen LogP contribution in [0.3, 0.4) is 0 Å². The minimum Gasteiger partial charge on any atom is -0.325 e. The van der Waals surface area contributed by atoms with Gasteiger partial charge in [0.05, 0.1) is 16.8 Å². The summed E-state index contributed by atoms with van der Waals surface area (Å²) in [5.74, 6) is 0. The monoisotopic (exact) mass is 288 g/mol. The first-order valence-electron chi connectivity index (χ1n) is 5.96. The fourth-order valence-electron chi connectivity index (χ4n) is 1.92. The molecule has 2 aromatic heterocycles. The number of nitrogens with zero attached hydrogens (tertiary/aromatic N) is 3. The fourth-order valence-corrected chi connectivity index (χ4v) is 3.24. The van der Waals surface area contributed by atoms with Crippen molar-refractivity contribution >= 4 is 21.2 Å². The molecule has 0 atom stereocenters. The van der Waals surface area contributed by atoms with Crippen molar-refractivity contribution in [1.29, 1.82) is 0 Å². The Morgan fingerprint density at radius 2 is 1.90 bits per heavy atom. The molecule has 0 saturated heterocycles. The van der Waals surface area contributed by atoms with Crippen molar-refractivity contribution in [1.82, 2.24) is 13.9 Å². The molecule has 0 radical (unpaired) electrons. The number of benzene rings is 1. The molecule has 2 N–H and O–H groups in total. The zero-order valence-electron chi connectivity index (χ0n) is 10.5. The molecule has 0 unspecified atom stereocenters. The van der Waals surface area contributed by atoms with Gasteiger partial charge in [0.15, 0.2) is 5.65 Å². The maximum atomic E-state index is 12.5. The van der Waals surface area contributed by atoms with E-state index in [2.05, 4.69) is 9.97 Å². The summed E-state index contributed by atoms with van der Waals surface area (Å²) in [6, 6.07) is 9.82. The van der Waals surface area contributed by atoms with Crippen LogP contribution in [-0.4, -0.2) is 22.4 Å². The highest BCUT2D eigenvalue weighted by Crippen LogP contribution is 2.19. The standard InChI is InChI=1S/C13H12N4O2S/c14-8-10-9-15-13-12(16-10)6-7-17(13)20(18,19)11-4-2-1-3-5-11/h1-7,9H,8,14H2. The SMILES string of the molecule is NCc1cnc2c(ccn2S(=O)(=O)c2ccccc2)n1. The maximum absolute atomic E-state index is 12.5. The number of aromatic nitrogens is 3. The summed E-state index contributed by atoms with van der Waals surface area (Å²) < 4.78 is 26.2. The summed E-state index contributed by atoms with van der Waals surface area (Å²) in [7, 11) is -3.66. The van der Waals surface area contributed by atoms with Crippen molar-refractivity contribution in [2.24, 2.45) is 5.73 Å². The molecule has 3 aromatic rings. The van der Waals surface area contributed by atoms with E-state index in [0.717, 1.165) is 3.97 Å². The number of hydrogen-bond donors (Lipinski definition) is 1. The molecule has 20 heavy (non-hydrogen) atoms. The molecule has 0 amide bonds. The lowest BCUT2D eigenvalue weighted by atomic mass is 10.4. The highest BCUT2D eigenvalue weighted by Gasteiger charge is 2.19. The number of rotatable bonds is 3. The molecule has 7 heteroatoms. The number of fused-ring (bicyclic) bond motifs is 1. The van der Waals surface area contributed by atoms with Gasteiger partial charge < -0.3 is 5.73 Å². The molecule has 0 fully saturated rings. The average molecular weight is 288 g/mol. The van der Waals surface area contributed by atoms with Crippen molar-refractivity contribution < 1.29 is 8.42 Å². The lowest BCUT2D eigenvalue weighted by Crippen LogP contribution is -2.12. The summed E-state index contributed by atoms with van der Waals surface area (Å²) in [4.78, 5) is 8.60. The summed E-state index contributed by atoms with van der Waals surface area (Å²) in [6.45, 7) is 0.263. The van der Waals surface area contributed by atoms with Crippen LogP contribution < -0.4 is 5.73 Å². The van der Waals surface area contributed by atoms with Crippen molar-refractivity contribution in [2.45, 2.75) is 11.4 Å². The minimum absolute atomic E-state index is 0.210. The first-order valence-corrected chi connectivity index (χ1v) is 7.40. The molecule has 0 bridgehead atoms. The molecule has 0 aliphatic rings. The third kappa shape index (κ3) is 1.97. The normalized spacial score (nSPS) is 11.8. The van der Waals surface area contributed by atoms with Gasteiger partial charge in [0.25, 0.3) is 10.0 Å². The van der Waals surface area contributed by atoms with E-state index in [1.807, 2.05) is 0 Å².